The van der Waals surface area contributed by atoms with Crippen LogP contribution in [0.4, 0.5) is 10.1 Å². The van der Waals surface area contributed by atoms with Crippen molar-refractivity contribution in [1.82, 2.24) is 10.2 Å². The molecule has 4 nitrogen and oxygen atoms in total. The van der Waals surface area contributed by atoms with Crippen molar-refractivity contribution in [2.24, 2.45) is 0 Å². The minimum atomic E-state index is -0.235. The summed E-state index contributed by atoms with van der Waals surface area (Å²) in [4.78, 5) is 18.3. The zero-order valence-electron chi connectivity index (χ0n) is 14.5. The number of halogens is 1. The van der Waals surface area contributed by atoms with Crippen molar-refractivity contribution in [2.75, 3.05) is 43.4 Å². The van der Waals surface area contributed by atoms with Crippen LogP contribution in [0.15, 0.2) is 53.4 Å². The summed E-state index contributed by atoms with van der Waals surface area (Å²) >= 11 is 1.80. The molecule has 136 valence electrons. The molecule has 0 bridgehead atoms. The average molecular weight is 371 g/mol. The van der Waals surface area contributed by atoms with Crippen LogP contribution in [0.5, 0.6) is 0 Å². The Morgan fingerprint density at radius 1 is 1.19 bits per heavy atom. The predicted octanol–water partition coefficient (Wildman–Crippen LogP) is 2.91. The molecule has 2 heterocycles. The van der Waals surface area contributed by atoms with Gasteiger partial charge >= 0.3 is 0 Å². The number of benzene rings is 2. The molecule has 0 radical (unpaired) electrons. The van der Waals surface area contributed by atoms with Gasteiger partial charge in [-0.25, -0.2) is 4.39 Å². The van der Waals surface area contributed by atoms with Gasteiger partial charge in [-0.05, 0) is 29.8 Å². The van der Waals surface area contributed by atoms with Crippen molar-refractivity contribution < 1.29 is 9.18 Å². The molecular formula is C20H22FN3OS. The summed E-state index contributed by atoms with van der Waals surface area (Å²) < 4.78 is 13.7. The smallest absolute Gasteiger partial charge is 0.241 e. The van der Waals surface area contributed by atoms with Crippen molar-refractivity contribution in [3.63, 3.8) is 0 Å². The molecule has 1 unspecified atom stereocenters. The SMILES string of the molecule is O=C(CN1CCNCC1c1cccc(F)c1)N1CCSc2ccccc21. The highest BCUT2D eigenvalue weighted by atomic mass is 32.2. The molecule has 2 aromatic rings. The topological polar surface area (TPSA) is 35.6 Å². The Morgan fingerprint density at radius 3 is 2.96 bits per heavy atom. The number of fused-ring (bicyclic) bond motifs is 1. The van der Waals surface area contributed by atoms with Crippen LogP contribution in [0, 0.1) is 5.82 Å². The third-order valence-corrected chi connectivity index (χ3v) is 6.00. The van der Waals surface area contributed by atoms with E-state index < -0.39 is 0 Å². The highest BCUT2D eigenvalue weighted by Gasteiger charge is 2.29. The minimum absolute atomic E-state index is 0.0119. The summed E-state index contributed by atoms with van der Waals surface area (Å²) in [6.07, 6.45) is 0. The van der Waals surface area contributed by atoms with Gasteiger partial charge in [0.25, 0.3) is 0 Å². The molecule has 0 saturated carbocycles. The summed E-state index contributed by atoms with van der Waals surface area (Å²) in [6, 6.07) is 14.8. The lowest BCUT2D eigenvalue weighted by Gasteiger charge is -2.38. The number of rotatable bonds is 3. The molecule has 0 aliphatic carbocycles. The third kappa shape index (κ3) is 3.63. The number of carbonyl (C=O) groups is 1. The number of thioether (sulfide) groups is 1. The Kier molecular flexibility index (Phi) is 5.24. The standard InChI is InChI=1S/C20H22FN3OS/c21-16-5-3-4-15(12-16)18-13-22-8-9-23(18)14-20(25)24-10-11-26-19-7-2-1-6-17(19)24/h1-7,12,18,22H,8-11,13-14H2. The van der Waals surface area contributed by atoms with E-state index in [1.807, 2.05) is 29.2 Å². The molecule has 26 heavy (non-hydrogen) atoms. The maximum atomic E-state index is 13.7. The van der Waals surface area contributed by atoms with Gasteiger partial charge in [0.1, 0.15) is 5.82 Å². The average Bonchev–Trinajstić information content (AvgIpc) is 2.68. The molecule has 2 aromatic carbocycles. The normalized spacial score (nSPS) is 20.7. The second-order valence-corrected chi connectivity index (χ2v) is 7.74. The van der Waals surface area contributed by atoms with E-state index in [1.54, 1.807) is 23.9 Å². The fourth-order valence-electron chi connectivity index (χ4n) is 3.67. The Hall–Kier alpha value is -1.89. The van der Waals surface area contributed by atoms with Gasteiger partial charge in [-0.1, -0.05) is 24.3 Å². The van der Waals surface area contributed by atoms with E-state index in [1.165, 1.54) is 6.07 Å². The molecule has 1 N–H and O–H groups in total. The second kappa shape index (κ2) is 7.78. The van der Waals surface area contributed by atoms with Crippen LogP contribution in [0.2, 0.25) is 0 Å². The van der Waals surface area contributed by atoms with Crippen molar-refractivity contribution >= 4 is 23.4 Å². The molecule has 1 atom stereocenters. The van der Waals surface area contributed by atoms with Gasteiger partial charge in [0.2, 0.25) is 5.91 Å². The number of hydrogen-bond donors (Lipinski definition) is 1. The highest BCUT2D eigenvalue weighted by Crippen LogP contribution is 2.34. The van der Waals surface area contributed by atoms with E-state index >= 15 is 0 Å². The Bertz CT molecular complexity index is 800. The fraction of sp³-hybridized carbons (Fsp3) is 0.350. The minimum Gasteiger partial charge on any atom is -0.314 e. The summed E-state index contributed by atoms with van der Waals surface area (Å²) in [5.41, 5.74) is 1.92. The summed E-state index contributed by atoms with van der Waals surface area (Å²) in [7, 11) is 0. The molecule has 1 amide bonds. The first-order chi connectivity index (χ1) is 12.7. The number of carbonyl (C=O) groups excluding carboxylic acids is 1. The lowest BCUT2D eigenvalue weighted by molar-refractivity contribution is -0.120. The molecule has 2 aliphatic rings. The van der Waals surface area contributed by atoms with Crippen molar-refractivity contribution in [3.8, 4) is 0 Å². The number of para-hydroxylation sites is 1. The van der Waals surface area contributed by atoms with Gasteiger partial charge in [0.05, 0.1) is 12.2 Å². The van der Waals surface area contributed by atoms with Crippen LogP contribution in [0.25, 0.3) is 0 Å². The van der Waals surface area contributed by atoms with E-state index in [4.69, 9.17) is 0 Å². The zero-order valence-corrected chi connectivity index (χ0v) is 15.3. The molecule has 0 spiro atoms. The van der Waals surface area contributed by atoms with E-state index in [9.17, 15) is 9.18 Å². The Morgan fingerprint density at radius 2 is 2.08 bits per heavy atom. The number of nitrogens with zero attached hydrogens (tertiary/aromatic N) is 2. The number of amides is 1. The van der Waals surface area contributed by atoms with Gasteiger partial charge < -0.3 is 10.2 Å². The Labute approximate surface area is 157 Å². The number of piperazine rings is 1. The zero-order chi connectivity index (χ0) is 17.9. The highest BCUT2D eigenvalue weighted by molar-refractivity contribution is 7.99. The van der Waals surface area contributed by atoms with Crippen LogP contribution in [0.3, 0.4) is 0 Å². The second-order valence-electron chi connectivity index (χ2n) is 6.61. The maximum absolute atomic E-state index is 13.7. The molecular weight excluding hydrogens is 349 g/mol. The summed E-state index contributed by atoms with van der Waals surface area (Å²) in [6.45, 7) is 3.42. The molecule has 1 saturated heterocycles. The third-order valence-electron chi connectivity index (χ3n) is 4.96. The van der Waals surface area contributed by atoms with Gasteiger partial charge in [0.15, 0.2) is 0 Å². The molecule has 4 rings (SSSR count). The number of nitrogens with one attached hydrogen (secondary N) is 1. The summed E-state index contributed by atoms with van der Waals surface area (Å²) in [5.74, 6) is 0.792. The van der Waals surface area contributed by atoms with Gasteiger partial charge in [0, 0.05) is 42.9 Å². The van der Waals surface area contributed by atoms with Crippen LogP contribution in [-0.4, -0.2) is 49.3 Å². The van der Waals surface area contributed by atoms with E-state index in [-0.39, 0.29) is 17.8 Å². The lowest BCUT2D eigenvalue weighted by Crippen LogP contribution is -2.51. The van der Waals surface area contributed by atoms with Crippen LogP contribution < -0.4 is 10.2 Å². The molecule has 0 aromatic heterocycles. The molecule has 2 aliphatic heterocycles. The monoisotopic (exact) mass is 371 g/mol. The lowest BCUT2D eigenvalue weighted by atomic mass is 10.0. The van der Waals surface area contributed by atoms with Crippen molar-refractivity contribution in [2.45, 2.75) is 10.9 Å². The summed E-state index contributed by atoms with van der Waals surface area (Å²) in [5, 5.41) is 3.36. The van der Waals surface area contributed by atoms with Crippen LogP contribution in [-0.2, 0) is 4.79 Å². The largest absolute Gasteiger partial charge is 0.314 e. The van der Waals surface area contributed by atoms with Crippen molar-refractivity contribution in [3.05, 3.63) is 59.9 Å². The first-order valence-corrected chi connectivity index (χ1v) is 9.93. The van der Waals surface area contributed by atoms with Crippen LogP contribution >= 0.6 is 11.8 Å². The first-order valence-electron chi connectivity index (χ1n) is 8.95. The van der Waals surface area contributed by atoms with Gasteiger partial charge in [-0.15, -0.1) is 11.8 Å². The number of hydrogen-bond acceptors (Lipinski definition) is 4. The van der Waals surface area contributed by atoms with E-state index in [0.29, 0.717) is 6.54 Å². The maximum Gasteiger partial charge on any atom is 0.241 e. The first kappa shape index (κ1) is 17.5. The van der Waals surface area contributed by atoms with E-state index in [0.717, 1.165) is 48.1 Å². The Balaban J connectivity index is 1.53. The number of anilines is 1. The fourth-order valence-corrected chi connectivity index (χ4v) is 4.66. The predicted molar refractivity (Wildman–Crippen MR) is 103 cm³/mol. The van der Waals surface area contributed by atoms with E-state index in [2.05, 4.69) is 16.3 Å². The quantitative estimate of drug-likeness (QED) is 0.900. The van der Waals surface area contributed by atoms with Crippen molar-refractivity contribution in [1.29, 1.82) is 0 Å². The van der Waals surface area contributed by atoms with Gasteiger partial charge in [-0.3, -0.25) is 9.69 Å². The van der Waals surface area contributed by atoms with Gasteiger partial charge in [-0.2, -0.15) is 0 Å². The molecule has 6 heteroatoms. The van der Waals surface area contributed by atoms with Crippen LogP contribution in [0.1, 0.15) is 11.6 Å². The molecule has 1 fully saturated rings.